The smallest absolute Gasteiger partial charge is 0.317 e. The summed E-state index contributed by atoms with van der Waals surface area (Å²) < 4.78 is 1.77. The van der Waals surface area contributed by atoms with Gasteiger partial charge in [0.1, 0.15) is 0 Å². The molecule has 0 radical (unpaired) electrons. The number of nitrogens with one attached hydrogen (secondary N) is 3. The number of urea groups is 1. The number of carbonyl (C=O) groups excluding carboxylic acids is 1. The minimum Gasteiger partial charge on any atom is -0.317 e. The molecule has 0 atom stereocenters. The maximum atomic E-state index is 12.3. The van der Waals surface area contributed by atoms with E-state index in [0.717, 1.165) is 22.5 Å². The quantitative estimate of drug-likeness (QED) is 0.315. The number of H-pyrrole nitrogens is 1. The summed E-state index contributed by atoms with van der Waals surface area (Å²) in [5.41, 5.74) is 4.37. The lowest BCUT2D eigenvalue weighted by molar-refractivity contribution is -0.384. The summed E-state index contributed by atoms with van der Waals surface area (Å²) in [4.78, 5) is 41.8. The molecule has 0 spiro atoms. The van der Waals surface area contributed by atoms with E-state index in [2.05, 4.69) is 20.6 Å². The fourth-order valence-electron chi connectivity index (χ4n) is 3.68. The van der Waals surface area contributed by atoms with Crippen LogP contribution in [0.25, 0.3) is 16.9 Å². The van der Waals surface area contributed by atoms with E-state index in [1.807, 2.05) is 12.1 Å². The highest BCUT2D eigenvalue weighted by atomic mass is 16.6. The Balaban J connectivity index is 1.38. The second-order valence-corrected chi connectivity index (χ2v) is 6.83. The van der Waals surface area contributed by atoms with Crippen molar-refractivity contribution < 1.29 is 9.72 Å². The van der Waals surface area contributed by atoms with Crippen molar-refractivity contribution in [3.05, 3.63) is 86.6 Å². The maximum absolute atomic E-state index is 12.3. The SMILES string of the molecule is O=C(Nc1cccc([N+](=O)[O-])c1)Nc1ccc2c(c1)Cc1c-2[nH]c(=O)c2nccn12. The number of nitro benzene ring substituents is 1. The Hall–Kier alpha value is -4.47. The summed E-state index contributed by atoms with van der Waals surface area (Å²) >= 11 is 0. The van der Waals surface area contributed by atoms with Crippen LogP contribution in [0.4, 0.5) is 21.9 Å². The van der Waals surface area contributed by atoms with Crippen LogP contribution in [0.5, 0.6) is 0 Å². The zero-order chi connectivity index (χ0) is 20.8. The van der Waals surface area contributed by atoms with Gasteiger partial charge in [-0.05, 0) is 23.8 Å². The zero-order valence-corrected chi connectivity index (χ0v) is 15.4. The normalized spacial score (nSPS) is 11.7. The number of benzene rings is 2. The second kappa shape index (κ2) is 6.55. The summed E-state index contributed by atoms with van der Waals surface area (Å²) in [5.74, 6) is 0. The van der Waals surface area contributed by atoms with Crippen molar-refractivity contribution in [1.29, 1.82) is 0 Å². The molecule has 0 saturated carbocycles. The predicted octanol–water partition coefficient (Wildman–Crippen LogP) is 3.15. The van der Waals surface area contributed by atoms with Crippen LogP contribution in [0.2, 0.25) is 0 Å². The molecule has 3 N–H and O–H groups in total. The van der Waals surface area contributed by atoms with Crippen LogP contribution in [0, 0.1) is 10.1 Å². The molecule has 0 bridgehead atoms. The molecule has 0 fully saturated rings. The summed E-state index contributed by atoms with van der Waals surface area (Å²) in [6, 6.07) is 10.6. The minimum absolute atomic E-state index is 0.108. The Bertz CT molecular complexity index is 1400. The van der Waals surface area contributed by atoms with Gasteiger partial charge in [0.2, 0.25) is 5.65 Å². The van der Waals surface area contributed by atoms with Gasteiger partial charge in [-0.25, -0.2) is 9.78 Å². The van der Waals surface area contributed by atoms with Crippen molar-refractivity contribution >= 4 is 28.7 Å². The van der Waals surface area contributed by atoms with Crippen molar-refractivity contribution in [3.8, 4) is 11.3 Å². The Morgan fingerprint density at radius 1 is 1.17 bits per heavy atom. The number of aromatic amines is 1. The van der Waals surface area contributed by atoms with Gasteiger partial charge in [-0.15, -0.1) is 0 Å². The van der Waals surface area contributed by atoms with Gasteiger partial charge in [-0.2, -0.15) is 0 Å². The number of aromatic nitrogens is 3. The topological polar surface area (TPSA) is 134 Å². The predicted molar refractivity (Wildman–Crippen MR) is 110 cm³/mol. The minimum atomic E-state index is -0.525. The molecule has 4 aromatic rings. The van der Waals surface area contributed by atoms with Crippen molar-refractivity contribution in [3.63, 3.8) is 0 Å². The fourth-order valence-corrected chi connectivity index (χ4v) is 3.68. The Labute approximate surface area is 168 Å². The monoisotopic (exact) mass is 402 g/mol. The van der Waals surface area contributed by atoms with Gasteiger partial charge in [0, 0.05) is 47.9 Å². The van der Waals surface area contributed by atoms with Gasteiger partial charge >= 0.3 is 6.03 Å². The van der Waals surface area contributed by atoms with Crippen LogP contribution in [0.3, 0.4) is 0 Å². The van der Waals surface area contributed by atoms with Crippen LogP contribution in [-0.2, 0) is 6.42 Å². The third-order valence-electron chi connectivity index (χ3n) is 4.97. The van der Waals surface area contributed by atoms with E-state index >= 15 is 0 Å². The second-order valence-electron chi connectivity index (χ2n) is 6.83. The van der Waals surface area contributed by atoms with Crippen LogP contribution in [0.15, 0.2) is 59.7 Å². The lowest BCUT2D eigenvalue weighted by atomic mass is 10.1. The molecule has 2 amide bonds. The number of rotatable bonds is 3. The summed E-state index contributed by atoms with van der Waals surface area (Å²) in [5, 5.41) is 16.2. The zero-order valence-electron chi connectivity index (χ0n) is 15.4. The molecule has 2 heterocycles. The third kappa shape index (κ3) is 2.87. The summed E-state index contributed by atoms with van der Waals surface area (Å²) in [6.45, 7) is 0. The first-order valence-corrected chi connectivity index (χ1v) is 9.03. The number of anilines is 2. The van der Waals surface area contributed by atoms with Crippen molar-refractivity contribution in [1.82, 2.24) is 14.4 Å². The van der Waals surface area contributed by atoms with E-state index in [4.69, 9.17) is 0 Å². The number of fused-ring (bicyclic) bond motifs is 5. The van der Waals surface area contributed by atoms with Gasteiger partial charge < -0.3 is 15.6 Å². The molecule has 1 aliphatic carbocycles. The molecule has 30 heavy (non-hydrogen) atoms. The van der Waals surface area contributed by atoms with Crippen molar-refractivity contribution in [2.75, 3.05) is 10.6 Å². The first-order chi connectivity index (χ1) is 14.5. The number of hydrogen-bond donors (Lipinski definition) is 3. The lowest BCUT2D eigenvalue weighted by Crippen LogP contribution is -2.19. The van der Waals surface area contributed by atoms with Gasteiger partial charge in [-0.3, -0.25) is 19.3 Å². The highest BCUT2D eigenvalue weighted by molar-refractivity contribution is 6.00. The van der Waals surface area contributed by atoms with Gasteiger partial charge in [-0.1, -0.05) is 12.1 Å². The van der Waals surface area contributed by atoms with Crippen LogP contribution < -0.4 is 16.2 Å². The molecular formula is C20H14N6O4. The Morgan fingerprint density at radius 3 is 2.77 bits per heavy atom. The maximum Gasteiger partial charge on any atom is 0.323 e. The summed E-state index contributed by atoms with van der Waals surface area (Å²) in [7, 11) is 0. The molecule has 10 nitrogen and oxygen atoms in total. The van der Waals surface area contributed by atoms with Crippen LogP contribution in [-0.4, -0.2) is 25.3 Å². The van der Waals surface area contributed by atoms with Gasteiger partial charge in [0.15, 0.2) is 0 Å². The number of carbonyl (C=O) groups is 1. The number of nitrogens with zero attached hydrogens (tertiary/aromatic N) is 3. The van der Waals surface area contributed by atoms with E-state index in [0.29, 0.717) is 23.4 Å². The third-order valence-corrected chi connectivity index (χ3v) is 4.97. The highest BCUT2D eigenvalue weighted by Gasteiger charge is 2.23. The largest absolute Gasteiger partial charge is 0.323 e. The molecule has 2 aromatic heterocycles. The lowest BCUT2D eigenvalue weighted by Gasteiger charge is -2.09. The standard InChI is InChI=1S/C20H14N6O4/c27-19-18-21-6-7-25(18)16-9-11-8-13(4-5-15(11)17(16)24-19)23-20(28)22-12-2-1-3-14(10-12)26(29)30/h1-8,10H,9H2,(H,24,27)(H2,22,23,28). The van der Waals surface area contributed by atoms with Crippen LogP contribution >= 0.6 is 0 Å². The van der Waals surface area contributed by atoms with E-state index in [-0.39, 0.29) is 11.2 Å². The molecular weight excluding hydrogens is 388 g/mol. The molecule has 0 aliphatic heterocycles. The molecule has 5 rings (SSSR count). The number of hydrogen-bond acceptors (Lipinski definition) is 5. The van der Waals surface area contributed by atoms with Crippen molar-refractivity contribution in [2.24, 2.45) is 0 Å². The summed E-state index contributed by atoms with van der Waals surface area (Å²) in [6.07, 6.45) is 3.91. The molecule has 10 heteroatoms. The van der Waals surface area contributed by atoms with Crippen molar-refractivity contribution in [2.45, 2.75) is 6.42 Å². The number of non-ortho nitro benzene ring substituents is 1. The van der Waals surface area contributed by atoms with E-state index in [1.165, 1.54) is 18.2 Å². The molecule has 0 unspecified atom stereocenters. The van der Waals surface area contributed by atoms with E-state index in [9.17, 15) is 19.7 Å². The number of amides is 2. The molecule has 148 valence electrons. The molecule has 1 aliphatic rings. The van der Waals surface area contributed by atoms with E-state index in [1.54, 1.807) is 28.9 Å². The van der Waals surface area contributed by atoms with Gasteiger partial charge in [0.05, 0.1) is 16.3 Å². The number of nitro groups is 1. The van der Waals surface area contributed by atoms with E-state index < -0.39 is 11.0 Å². The first-order valence-electron chi connectivity index (χ1n) is 9.03. The first kappa shape index (κ1) is 17.6. The van der Waals surface area contributed by atoms with Gasteiger partial charge in [0.25, 0.3) is 11.2 Å². The van der Waals surface area contributed by atoms with Crippen LogP contribution in [0.1, 0.15) is 11.3 Å². The number of imidazole rings is 1. The molecule has 2 aromatic carbocycles. The average molecular weight is 402 g/mol. The molecule has 0 saturated heterocycles. The highest BCUT2D eigenvalue weighted by Crippen LogP contribution is 2.36. The fraction of sp³-hybridized carbons (Fsp3) is 0.0500. The average Bonchev–Trinajstić information content (AvgIpc) is 3.33. The Kier molecular flexibility index (Phi) is 3.85. The Morgan fingerprint density at radius 2 is 1.97 bits per heavy atom.